The molecule has 2 aromatic rings. The first-order chi connectivity index (χ1) is 15.5. The molecule has 0 bridgehead atoms. The minimum Gasteiger partial charge on any atom is -0.486 e. The van der Waals surface area contributed by atoms with Crippen molar-refractivity contribution in [1.29, 1.82) is 0 Å². The number of likely N-dealkylation sites (N-methyl/N-ethyl adjacent to an activating group) is 1. The number of sulfonamides is 1. The fourth-order valence-electron chi connectivity index (χ4n) is 3.26. The van der Waals surface area contributed by atoms with E-state index in [0.29, 0.717) is 30.3 Å². The van der Waals surface area contributed by atoms with Crippen molar-refractivity contribution in [1.82, 2.24) is 9.62 Å². The summed E-state index contributed by atoms with van der Waals surface area (Å²) in [5.74, 6) is -0.125. The lowest BCUT2D eigenvalue weighted by Crippen LogP contribution is -2.49. The van der Waals surface area contributed by atoms with Crippen LogP contribution in [0.1, 0.15) is 19.4 Å². The lowest BCUT2D eigenvalue weighted by Gasteiger charge is -2.27. The van der Waals surface area contributed by atoms with Gasteiger partial charge in [-0.2, -0.15) is 4.72 Å². The SMILES string of the molecule is CC(C)[C@H](NS(=O)(=O)c1ccc2c(c1)OCCO2)C(=O)N(C)Cc1cc([N+](=O)[O-])ccc1Cl. The molecule has 178 valence electrons. The highest BCUT2D eigenvalue weighted by molar-refractivity contribution is 7.89. The molecular formula is C21H24ClN3O7S. The van der Waals surface area contributed by atoms with Gasteiger partial charge in [-0.1, -0.05) is 25.4 Å². The molecule has 1 aliphatic heterocycles. The molecule has 0 radical (unpaired) electrons. The van der Waals surface area contributed by atoms with Crippen LogP contribution in [0.4, 0.5) is 5.69 Å². The van der Waals surface area contributed by atoms with Crippen LogP contribution in [-0.4, -0.2) is 50.5 Å². The summed E-state index contributed by atoms with van der Waals surface area (Å²) in [4.78, 5) is 24.9. The molecule has 2 aromatic carbocycles. The maximum Gasteiger partial charge on any atom is 0.269 e. The van der Waals surface area contributed by atoms with Crippen molar-refractivity contribution in [2.75, 3.05) is 20.3 Å². The maximum atomic E-state index is 13.1. The van der Waals surface area contributed by atoms with E-state index in [1.807, 2.05) is 0 Å². The van der Waals surface area contributed by atoms with E-state index >= 15 is 0 Å². The van der Waals surface area contributed by atoms with Crippen molar-refractivity contribution in [2.24, 2.45) is 5.92 Å². The van der Waals surface area contributed by atoms with E-state index in [-0.39, 0.29) is 28.1 Å². The number of hydrogen-bond donors (Lipinski definition) is 1. The van der Waals surface area contributed by atoms with Crippen molar-refractivity contribution in [3.63, 3.8) is 0 Å². The number of nitrogens with one attached hydrogen (secondary N) is 1. The third-order valence-corrected chi connectivity index (χ3v) is 6.87. The molecule has 0 fully saturated rings. The molecule has 33 heavy (non-hydrogen) atoms. The molecule has 0 aromatic heterocycles. The van der Waals surface area contributed by atoms with E-state index in [2.05, 4.69) is 4.72 Å². The van der Waals surface area contributed by atoms with Crippen LogP contribution in [-0.2, 0) is 21.4 Å². The normalized spacial score (nSPS) is 14.1. The standard InChI is InChI=1S/C21H24ClN3O7S/c1-13(2)20(21(26)24(3)12-14-10-15(25(27)28)4-6-17(14)22)23-33(29,30)16-5-7-18-19(11-16)32-9-8-31-18/h4-7,10-11,13,20,23H,8-9,12H2,1-3H3/t20-/m0/s1. The molecule has 1 heterocycles. The summed E-state index contributed by atoms with van der Waals surface area (Å²) in [5, 5.41) is 11.3. The Balaban J connectivity index is 1.80. The molecule has 1 atom stereocenters. The number of nitro groups is 1. The van der Waals surface area contributed by atoms with Gasteiger partial charge in [0.25, 0.3) is 5.69 Å². The van der Waals surface area contributed by atoms with Crippen LogP contribution >= 0.6 is 11.6 Å². The zero-order valence-corrected chi connectivity index (χ0v) is 19.9. The van der Waals surface area contributed by atoms with Crippen molar-refractivity contribution >= 4 is 33.2 Å². The molecule has 12 heteroatoms. The first-order valence-electron chi connectivity index (χ1n) is 10.1. The lowest BCUT2D eigenvalue weighted by atomic mass is 10.0. The third kappa shape index (κ3) is 5.73. The quantitative estimate of drug-likeness (QED) is 0.438. The van der Waals surface area contributed by atoms with Crippen LogP contribution < -0.4 is 14.2 Å². The Morgan fingerprint density at radius 3 is 2.48 bits per heavy atom. The monoisotopic (exact) mass is 497 g/mol. The van der Waals surface area contributed by atoms with Crippen molar-refractivity contribution in [3.8, 4) is 11.5 Å². The van der Waals surface area contributed by atoms with Gasteiger partial charge in [-0.3, -0.25) is 14.9 Å². The average molecular weight is 498 g/mol. The first-order valence-corrected chi connectivity index (χ1v) is 12.0. The number of hydrogen-bond acceptors (Lipinski definition) is 7. The summed E-state index contributed by atoms with van der Waals surface area (Å²) < 4.78 is 39.4. The van der Waals surface area contributed by atoms with Crippen LogP contribution in [0, 0.1) is 16.0 Å². The fraction of sp³-hybridized carbons (Fsp3) is 0.381. The Kier molecular flexibility index (Phi) is 7.45. The average Bonchev–Trinajstić information content (AvgIpc) is 2.77. The molecule has 0 saturated carbocycles. The number of amides is 1. The predicted octanol–water partition coefficient (Wildman–Crippen LogP) is 2.98. The van der Waals surface area contributed by atoms with Gasteiger partial charge >= 0.3 is 0 Å². The number of carbonyl (C=O) groups excluding carboxylic acids is 1. The maximum absolute atomic E-state index is 13.1. The zero-order valence-electron chi connectivity index (χ0n) is 18.3. The lowest BCUT2D eigenvalue weighted by molar-refractivity contribution is -0.384. The second kappa shape index (κ2) is 9.94. The highest BCUT2D eigenvalue weighted by Crippen LogP contribution is 2.32. The molecule has 3 rings (SSSR count). The van der Waals surface area contributed by atoms with E-state index in [4.69, 9.17) is 21.1 Å². The smallest absolute Gasteiger partial charge is 0.269 e. The largest absolute Gasteiger partial charge is 0.486 e. The molecular weight excluding hydrogens is 474 g/mol. The molecule has 1 aliphatic rings. The Hall–Kier alpha value is -2.89. The van der Waals surface area contributed by atoms with Gasteiger partial charge in [-0.25, -0.2) is 8.42 Å². The molecule has 1 N–H and O–H groups in total. The van der Waals surface area contributed by atoms with Gasteiger partial charge < -0.3 is 14.4 Å². The number of benzene rings is 2. The zero-order chi connectivity index (χ0) is 24.3. The number of nitro benzene ring substituents is 1. The molecule has 0 unspecified atom stereocenters. The second-order valence-electron chi connectivity index (χ2n) is 7.88. The van der Waals surface area contributed by atoms with E-state index in [1.165, 1.54) is 48.3 Å². The van der Waals surface area contributed by atoms with E-state index < -0.39 is 26.9 Å². The van der Waals surface area contributed by atoms with Gasteiger partial charge in [-0.15, -0.1) is 0 Å². The van der Waals surface area contributed by atoms with Gasteiger partial charge in [-0.05, 0) is 29.7 Å². The number of ether oxygens (including phenoxy) is 2. The summed E-state index contributed by atoms with van der Waals surface area (Å²) in [7, 11) is -2.59. The highest BCUT2D eigenvalue weighted by atomic mass is 35.5. The topological polar surface area (TPSA) is 128 Å². The molecule has 0 aliphatic carbocycles. The molecule has 10 nitrogen and oxygen atoms in total. The molecule has 0 spiro atoms. The number of rotatable bonds is 8. The summed E-state index contributed by atoms with van der Waals surface area (Å²) in [5.41, 5.74) is 0.217. The van der Waals surface area contributed by atoms with Crippen molar-refractivity contribution in [3.05, 3.63) is 57.1 Å². The van der Waals surface area contributed by atoms with Gasteiger partial charge in [0.2, 0.25) is 15.9 Å². The summed E-state index contributed by atoms with van der Waals surface area (Å²) in [6.45, 7) is 4.07. The summed E-state index contributed by atoms with van der Waals surface area (Å²) in [6.07, 6.45) is 0. The van der Waals surface area contributed by atoms with Gasteiger partial charge in [0.1, 0.15) is 19.3 Å². The number of carbonyl (C=O) groups is 1. The van der Waals surface area contributed by atoms with Gasteiger partial charge in [0, 0.05) is 36.8 Å². The van der Waals surface area contributed by atoms with Crippen LogP contribution in [0.3, 0.4) is 0 Å². The van der Waals surface area contributed by atoms with E-state index in [9.17, 15) is 23.3 Å². The van der Waals surface area contributed by atoms with Crippen molar-refractivity contribution in [2.45, 2.75) is 31.3 Å². The summed E-state index contributed by atoms with van der Waals surface area (Å²) in [6, 6.07) is 7.10. The Bertz CT molecular complexity index is 1170. The number of non-ortho nitro benzene ring substituents is 1. The van der Waals surface area contributed by atoms with Gasteiger partial charge in [0.15, 0.2) is 11.5 Å². The number of halogens is 1. The Labute approximate surface area is 196 Å². The third-order valence-electron chi connectivity index (χ3n) is 5.06. The fourth-order valence-corrected chi connectivity index (χ4v) is 4.79. The minimum absolute atomic E-state index is 0.0334. The van der Waals surface area contributed by atoms with Gasteiger partial charge in [0.05, 0.1) is 9.82 Å². The molecule has 1 amide bonds. The predicted molar refractivity (Wildman–Crippen MR) is 121 cm³/mol. The van der Waals surface area contributed by atoms with E-state index in [0.717, 1.165) is 0 Å². The second-order valence-corrected chi connectivity index (χ2v) is 10.00. The van der Waals surface area contributed by atoms with Crippen LogP contribution in [0.2, 0.25) is 5.02 Å². The number of fused-ring (bicyclic) bond motifs is 1. The van der Waals surface area contributed by atoms with Crippen LogP contribution in [0.15, 0.2) is 41.3 Å². The summed E-state index contributed by atoms with van der Waals surface area (Å²) >= 11 is 6.14. The van der Waals surface area contributed by atoms with Crippen LogP contribution in [0.25, 0.3) is 0 Å². The first kappa shape index (κ1) is 24.7. The minimum atomic E-state index is -4.06. The van der Waals surface area contributed by atoms with E-state index in [1.54, 1.807) is 13.8 Å². The highest BCUT2D eigenvalue weighted by Gasteiger charge is 2.31. The van der Waals surface area contributed by atoms with Crippen molar-refractivity contribution < 1.29 is 27.6 Å². The number of nitrogens with zero attached hydrogens (tertiary/aromatic N) is 2. The Morgan fingerprint density at radius 2 is 1.85 bits per heavy atom. The van der Waals surface area contributed by atoms with Crippen LogP contribution in [0.5, 0.6) is 11.5 Å². The Morgan fingerprint density at radius 1 is 1.18 bits per heavy atom. The molecule has 0 saturated heterocycles.